The van der Waals surface area contributed by atoms with E-state index in [1.807, 2.05) is 48.2 Å². The van der Waals surface area contributed by atoms with Crippen LogP contribution in [0.25, 0.3) is 61.7 Å². The Hall–Kier alpha value is -6.30. The molecule has 238 valence electrons. The highest BCUT2D eigenvalue weighted by Gasteiger charge is 2.49. The minimum atomic E-state index is -0.578. The first-order valence-corrected chi connectivity index (χ1v) is 18.0. The van der Waals surface area contributed by atoms with Crippen molar-refractivity contribution in [3.63, 3.8) is 0 Å². The van der Waals surface area contributed by atoms with E-state index in [1.165, 1.54) is 59.5 Å². The van der Waals surface area contributed by atoms with Crippen LogP contribution in [-0.2, 0) is 5.41 Å². The van der Waals surface area contributed by atoms with Gasteiger partial charge in [0.1, 0.15) is 0 Å². The summed E-state index contributed by atoms with van der Waals surface area (Å²) >= 11 is 1.84. The summed E-state index contributed by atoms with van der Waals surface area (Å²) < 4.78 is 2.48. The number of hydrogen-bond donors (Lipinski definition) is 0. The summed E-state index contributed by atoms with van der Waals surface area (Å²) in [5, 5.41) is 2.53. The van der Waals surface area contributed by atoms with Crippen LogP contribution in [0.15, 0.2) is 180 Å². The van der Waals surface area contributed by atoms with Crippen molar-refractivity contribution in [1.29, 1.82) is 0 Å². The third kappa shape index (κ3) is 4.01. The van der Waals surface area contributed by atoms with Gasteiger partial charge in [0.25, 0.3) is 0 Å². The fraction of sp³-hybridized carbons (Fsp3) is 0.0217. The Bertz CT molecular complexity index is 2790. The summed E-state index contributed by atoms with van der Waals surface area (Å²) in [6.07, 6.45) is 0. The molecule has 5 heteroatoms. The van der Waals surface area contributed by atoms with Gasteiger partial charge in [0, 0.05) is 37.3 Å². The van der Waals surface area contributed by atoms with Gasteiger partial charge in [0.2, 0.25) is 0 Å². The smallest absolute Gasteiger partial charge is 0.164 e. The molecular formula is C46H28N4S. The lowest BCUT2D eigenvalue weighted by atomic mass is 9.62. The van der Waals surface area contributed by atoms with E-state index < -0.39 is 5.41 Å². The highest BCUT2D eigenvalue weighted by Crippen LogP contribution is 2.60. The lowest BCUT2D eigenvalue weighted by Crippen LogP contribution is -2.37. The molecule has 0 bridgehead atoms. The van der Waals surface area contributed by atoms with Crippen LogP contribution in [0, 0.1) is 0 Å². The fourth-order valence-corrected chi connectivity index (χ4v) is 9.57. The molecule has 1 unspecified atom stereocenters. The molecule has 0 radical (unpaired) electrons. The highest BCUT2D eigenvalue weighted by molar-refractivity contribution is 7.99. The maximum absolute atomic E-state index is 5.14. The van der Waals surface area contributed by atoms with Crippen molar-refractivity contribution in [1.82, 2.24) is 19.5 Å². The van der Waals surface area contributed by atoms with Gasteiger partial charge in [-0.25, -0.2) is 15.0 Å². The quantitative estimate of drug-likeness (QED) is 0.188. The topological polar surface area (TPSA) is 43.6 Å². The second kappa shape index (κ2) is 10.8. The second-order valence-corrected chi connectivity index (χ2v) is 14.3. The normalized spacial score (nSPS) is 15.5. The van der Waals surface area contributed by atoms with Crippen molar-refractivity contribution in [3.05, 3.63) is 192 Å². The maximum Gasteiger partial charge on any atom is 0.164 e. The van der Waals surface area contributed by atoms with E-state index in [0.717, 1.165) is 16.7 Å². The molecule has 2 aliphatic rings. The van der Waals surface area contributed by atoms with Gasteiger partial charge in [-0.05, 0) is 52.6 Å². The zero-order valence-electron chi connectivity index (χ0n) is 27.4. The van der Waals surface area contributed by atoms with Crippen molar-refractivity contribution < 1.29 is 0 Å². The Kier molecular flexibility index (Phi) is 6.07. The predicted molar refractivity (Wildman–Crippen MR) is 206 cm³/mol. The van der Waals surface area contributed by atoms with Gasteiger partial charge in [-0.1, -0.05) is 151 Å². The van der Waals surface area contributed by atoms with Crippen LogP contribution in [0.3, 0.4) is 0 Å². The molecule has 9 aromatic rings. The van der Waals surface area contributed by atoms with Gasteiger partial charge in [0.15, 0.2) is 17.5 Å². The van der Waals surface area contributed by atoms with Crippen LogP contribution < -0.4 is 0 Å². The minimum absolute atomic E-state index is 0.578. The van der Waals surface area contributed by atoms with Gasteiger partial charge < -0.3 is 4.57 Å². The van der Waals surface area contributed by atoms with Crippen LogP contribution in [-0.4, -0.2) is 19.5 Å². The molecule has 4 nitrogen and oxygen atoms in total. The molecule has 11 rings (SSSR count). The van der Waals surface area contributed by atoms with Crippen LogP contribution in [0.2, 0.25) is 0 Å². The van der Waals surface area contributed by atoms with Gasteiger partial charge in [-0.15, -0.1) is 0 Å². The van der Waals surface area contributed by atoms with E-state index in [0.29, 0.717) is 17.5 Å². The number of hydrogen-bond acceptors (Lipinski definition) is 4. The van der Waals surface area contributed by atoms with E-state index in [1.54, 1.807) is 0 Å². The predicted octanol–water partition coefficient (Wildman–Crippen LogP) is 11.1. The molecule has 51 heavy (non-hydrogen) atoms. The van der Waals surface area contributed by atoms with Crippen LogP contribution >= 0.6 is 11.8 Å². The number of fused-ring (bicyclic) bond motifs is 11. The van der Waals surface area contributed by atoms with E-state index in [4.69, 9.17) is 15.0 Å². The largest absolute Gasteiger partial charge is 0.309 e. The molecule has 1 spiro atoms. The summed E-state index contributed by atoms with van der Waals surface area (Å²) in [7, 11) is 0. The number of nitrogens with zero attached hydrogens (tertiary/aromatic N) is 4. The number of aromatic nitrogens is 4. The van der Waals surface area contributed by atoms with Gasteiger partial charge in [-0.2, -0.15) is 0 Å². The zero-order valence-corrected chi connectivity index (χ0v) is 28.2. The van der Waals surface area contributed by atoms with Crippen LogP contribution in [0.1, 0.15) is 22.3 Å². The van der Waals surface area contributed by atoms with Crippen LogP contribution in [0.4, 0.5) is 0 Å². The third-order valence-electron chi connectivity index (χ3n) is 10.5. The van der Waals surface area contributed by atoms with E-state index >= 15 is 0 Å². The Morgan fingerprint density at radius 2 is 0.980 bits per heavy atom. The molecule has 0 saturated carbocycles. The van der Waals surface area contributed by atoms with E-state index in [-0.39, 0.29) is 0 Å². The van der Waals surface area contributed by atoms with Crippen molar-refractivity contribution in [2.24, 2.45) is 0 Å². The van der Waals surface area contributed by atoms with E-state index in [9.17, 15) is 0 Å². The van der Waals surface area contributed by atoms with E-state index in [2.05, 4.69) is 138 Å². The third-order valence-corrected chi connectivity index (χ3v) is 11.7. The lowest BCUT2D eigenvalue weighted by molar-refractivity contribution is 0.689. The first kappa shape index (κ1) is 28.5. The standard InChI is InChI=1S/C46H28N4S/c1-3-14-29(15-4-1)43-47-44(30-16-5-2-6-17-30)49-45(48-43)31-26-27-41-37(28-31)46(35-21-9-12-25-40(35)51-41)34-20-8-11-24-39(34)50-38-23-10-7-18-32(38)33-19-13-22-36(46)42(33)50/h1-28H. The number of benzene rings is 7. The van der Waals surface area contributed by atoms with Crippen molar-refractivity contribution in [2.45, 2.75) is 15.2 Å². The number of rotatable bonds is 3. The molecule has 0 N–H and O–H groups in total. The Morgan fingerprint density at radius 1 is 0.412 bits per heavy atom. The van der Waals surface area contributed by atoms with Gasteiger partial charge >= 0.3 is 0 Å². The van der Waals surface area contributed by atoms with Crippen molar-refractivity contribution in [3.8, 4) is 39.9 Å². The number of para-hydroxylation sites is 3. The molecule has 7 aromatic carbocycles. The highest BCUT2D eigenvalue weighted by atomic mass is 32.2. The molecule has 0 saturated heterocycles. The Labute approximate surface area is 299 Å². The Morgan fingerprint density at radius 3 is 1.75 bits per heavy atom. The SMILES string of the molecule is c1ccc(-c2nc(-c3ccccc3)nc(-c3ccc4c(c3)C3(c5ccccc5S4)c4ccccc4-n4c5ccccc5c5cccc3c54)n2)cc1. The molecule has 1 atom stereocenters. The molecule has 4 heterocycles. The molecule has 2 aromatic heterocycles. The lowest BCUT2D eigenvalue weighted by Gasteiger charge is -2.45. The first-order valence-electron chi connectivity index (χ1n) is 17.2. The average Bonchev–Trinajstić information content (AvgIpc) is 3.55. The molecule has 0 aliphatic carbocycles. The molecule has 0 amide bonds. The first-order chi connectivity index (χ1) is 25.3. The molecule has 0 fully saturated rings. The maximum atomic E-state index is 5.14. The van der Waals surface area contributed by atoms with Crippen molar-refractivity contribution >= 4 is 33.6 Å². The van der Waals surface area contributed by atoms with Crippen LogP contribution in [0.5, 0.6) is 0 Å². The second-order valence-electron chi connectivity index (χ2n) is 13.2. The fourth-order valence-electron chi connectivity index (χ4n) is 8.40. The molecular weight excluding hydrogens is 641 g/mol. The summed E-state index contributed by atoms with van der Waals surface area (Å²) in [4.78, 5) is 17.8. The Balaban J connectivity index is 1.24. The summed E-state index contributed by atoms with van der Waals surface area (Å²) in [5.41, 5.74) is 11.1. The van der Waals surface area contributed by atoms with Gasteiger partial charge in [0.05, 0.1) is 22.1 Å². The zero-order chi connectivity index (χ0) is 33.5. The monoisotopic (exact) mass is 668 g/mol. The summed E-state index contributed by atoms with van der Waals surface area (Å²) in [5.74, 6) is 1.97. The van der Waals surface area contributed by atoms with Gasteiger partial charge in [-0.3, -0.25) is 0 Å². The average molecular weight is 669 g/mol. The molecule has 2 aliphatic heterocycles. The summed E-state index contributed by atoms with van der Waals surface area (Å²) in [6.45, 7) is 0. The minimum Gasteiger partial charge on any atom is -0.309 e. The summed E-state index contributed by atoms with van der Waals surface area (Å²) in [6, 6.07) is 60.8. The van der Waals surface area contributed by atoms with Crippen molar-refractivity contribution in [2.75, 3.05) is 0 Å².